The fourth-order valence-electron chi connectivity index (χ4n) is 2.99. The largest absolute Gasteiger partial charge is 0.379 e. The summed E-state index contributed by atoms with van der Waals surface area (Å²) in [6.45, 7) is 6.12. The summed E-state index contributed by atoms with van der Waals surface area (Å²) in [6, 6.07) is 9.97. The lowest BCUT2D eigenvalue weighted by Gasteiger charge is -2.34. The number of benzene rings is 1. The Morgan fingerprint density at radius 2 is 1.88 bits per heavy atom. The number of likely N-dealkylation sites (N-methyl/N-ethyl adjacent to an activating group) is 1. The molecule has 1 atom stereocenters. The van der Waals surface area contributed by atoms with Gasteiger partial charge < -0.3 is 15.0 Å². The average Bonchev–Trinajstić information content (AvgIpc) is 2.69. The van der Waals surface area contributed by atoms with Crippen molar-refractivity contribution in [2.45, 2.75) is 13.0 Å². The van der Waals surface area contributed by atoms with E-state index in [1.54, 1.807) is 17.3 Å². The molecule has 26 heavy (non-hydrogen) atoms. The molecule has 0 bridgehead atoms. The highest BCUT2D eigenvalue weighted by molar-refractivity contribution is 5.93. The van der Waals surface area contributed by atoms with Crippen LogP contribution in [0.4, 0.5) is 11.6 Å². The molecule has 2 heterocycles. The van der Waals surface area contributed by atoms with E-state index in [-0.39, 0.29) is 11.9 Å². The minimum atomic E-state index is -0.0728. The van der Waals surface area contributed by atoms with Gasteiger partial charge in [0.05, 0.1) is 18.8 Å². The second kappa shape index (κ2) is 8.73. The number of nitrogens with zero attached hydrogens (tertiary/aromatic N) is 4. The second-order valence-corrected chi connectivity index (χ2v) is 6.47. The molecule has 1 aromatic heterocycles. The zero-order valence-electron chi connectivity index (χ0n) is 15.3. The molecule has 1 amide bonds. The van der Waals surface area contributed by atoms with Gasteiger partial charge in [-0.25, -0.2) is 9.97 Å². The van der Waals surface area contributed by atoms with Crippen molar-refractivity contribution in [3.05, 3.63) is 48.3 Å². The molecule has 7 nitrogen and oxygen atoms in total. The van der Waals surface area contributed by atoms with Crippen molar-refractivity contribution in [2.75, 3.05) is 45.2 Å². The summed E-state index contributed by atoms with van der Waals surface area (Å²) in [5.41, 5.74) is 1.39. The Kier molecular flexibility index (Phi) is 6.14. The molecule has 7 heteroatoms. The first kappa shape index (κ1) is 18.3. The first-order chi connectivity index (χ1) is 12.6. The summed E-state index contributed by atoms with van der Waals surface area (Å²) in [6.07, 6.45) is 3.13. The lowest BCUT2D eigenvalue weighted by molar-refractivity contribution is 0.0142. The Bertz CT molecular complexity index is 702. The molecule has 0 unspecified atom stereocenters. The molecule has 0 radical (unpaired) electrons. The first-order valence-electron chi connectivity index (χ1n) is 8.85. The Morgan fingerprint density at radius 3 is 2.54 bits per heavy atom. The van der Waals surface area contributed by atoms with Crippen molar-refractivity contribution in [2.24, 2.45) is 0 Å². The zero-order chi connectivity index (χ0) is 18.4. The lowest BCUT2D eigenvalue weighted by Crippen LogP contribution is -2.47. The Balaban J connectivity index is 1.56. The Morgan fingerprint density at radius 1 is 1.23 bits per heavy atom. The average molecular weight is 355 g/mol. The molecule has 0 aliphatic carbocycles. The van der Waals surface area contributed by atoms with Gasteiger partial charge in [-0.3, -0.25) is 9.69 Å². The van der Waals surface area contributed by atoms with E-state index in [9.17, 15) is 4.79 Å². The molecule has 0 saturated carbocycles. The number of aromatic nitrogens is 2. The summed E-state index contributed by atoms with van der Waals surface area (Å²) in [4.78, 5) is 25.2. The number of hydrogen-bond acceptors (Lipinski definition) is 6. The van der Waals surface area contributed by atoms with Crippen LogP contribution in [0, 0.1) is 0 Å². The SMILES string of the molecule is C[C@@H](CN(C)C(=O)c1cnc(Nc2ccccc2)nc1)N1CCOCC1. The highest BCUT2D eigenvalue weighted by atomic mass is 16.5. The normalized spacial score (nSPS) is 16.1. The molecule has 1 aliphatic rings. The minimum absolute atomic E-state index is 0.0728. The fourth-order valence-corrected chi connectivity index (χ4v) is 2.99. The summed E-state index contributed by atoms with van der Waals surface area (Å²) in [5.74, 6) is 0.397. The summed E-state index contributed by atoms with van der Waals surface area (Å²) in [7, 11) is 1.81. The van der Waals surface area contributed by atoms with Crippen molar-refractivity contribution in [1.29, 1.82) is 0 Å². The second-order valence-electron chi connectivity index (χ2n) is 6.47. The van der Waals surface area contributed by atoms with Gasteiger partial charge in [-0.15, -0.1) is 0 Å². The number of nitrogens with one attached hydrogen (secondary N) is 1. The summed E-state index contributed by atoms with van der Waals surface area (Å²) in [5, 5.41) is 3.11. The number of carbonyl (C=O) groups is 1. The van der Waals surface area contributed by atoms with Crippen LogP contribution in [0.3, 0.4) is 0 Å². The quantitative estimate of drug-likeness (QED) is 0.855. The van der Waals surface area contributed by atoms with Crippen molar-refractivity contribution in [3.63, 3.8) is 0 Å². The number of rotatable bonds is 6. The van der Waals surface area contributed by atoms with Gasteiger partial charge >= 0.3 is 0 Å². The first-order valence-corrected chi connectivity index (χ1v) is 8.85. The van der Waals surface area contributed by atoms with Gasteiger partial charge in [-0.2, -0.15) is 0 Å². The van der Waals surface area contributed by atoms with E-state index in [0.717, 1.165) is 32.0 Å². The third-order valence-electron chi connectivity index (χ3n) is 4.48. The predicted molar refractivity (Wildman–Crippen MR) is 101 cm³/mol. The minimum Gasteiger partial charge on any atom is -0.379 e. The van der Waals surface area contributed by atoms with Crippen LogP contribution in [0.1, 0.15) is 17.3 Å². The van der Waals surface area contributed by atoms with Gasteiger partial charge in [-0.05, 0) is 19.1 Å². The molecule has 1 aliphatic heterocycles. The maximum atomic E-state index is 12.6. The van der Waals surface area contributed by atoms with E-state index < -0.39 is 0 Å². The van der Waals surface area contributed by atoms with Crippen LogP contribution < -0.4 is 5.32 Å². The fraction of sp³-hybridized carbons (Fsp3) is 0.421. The van der Waals surface area contributed by atoms with E-state index in [4.69, 9.17) is 4.74 Å². The van der Waals surface area contributed by atoms with Gasteiger partial charge in [0.1, 0.15) is 0 Å². The van der Waals surface area contributed by atoms with Crippen molar-refractivity contribution >= 4 is 17.5 Å². The number of carbonyl (C=O) groups excluding carboxylic acids is 1. The van der Waals surface area contributed by atoms with Crippen molar-refractivity contribution < 1.29 is 9.53 Å². The zero-order valence-corrected chi connectivity index (χ0v) is 15.3. The third kappa shape index (κ3) is 4.77. The standard InChI is InChI=1S/C19H25N5O2/c1-15(24-8-10-26-11-9-24)14-23(2)18(25)16-12-20-19(21-13-16)22-17-6-4-3-5-7-17/h3-7,12-13,15H,8-11,14H2,1-2H3,(H,20,21,22)/t15-/m0/s1. The topological polar surface area (TPSA) is 70.6 Å². The summed E-state index contributed by atoms with van der Waals surface area (Å²) >= 11 is 0. The smallest absolute Gasteiger partial charge is 0.256 e. The van der Waals surface area contributed by atoms with Crippen LogP contribution in [0.2, 0.25) is 0 Å². The maximum absolute atomic E-state index is 12.6. The van der Waals surface area contributed by atoms with Crippen LogP contribution in [-0.2, 0) is 4.74 Å². The molecule has 0 spiro atoms. The maximum Gasteiger partial charge on any atom is 0.256 e. The van der Waals surface area contributed by atoms with Gasteiger partial charge in [-0.1, -0.05) is 18.2 Å². The molecular formula is C19H25N5O2. The number of hydrogen-bond donors (Lipinski definition) is 1. The number of morpholine rings is 1. The molecule has 1 N–H and O–H groups in total. The van der Waals surface area contributed by atoms with E-state index in [0.29, 0.717) is 18.1 Å². The van der Waals surface area contributed by atoms with Gasteiger partial charge in [0.25, 0.3) is 5.91 Å². The highest BCUT2D eigenvalue weighted by Crippen LogP contribution is 2.12. The predicted octanol–water partition coefficient (Wildman–Crippen LogP) is 2.01. The van der Waals surface area contributed by atoms with Crippen LogP contribution in [0.25, 0.3) is 0 Å². The summed E-state index contributed by atoms with van der Waals surface area (Å²) < 4.78 is 5.38. The van der Waals surface area contributed by atoms with Crippen LogP contribution in [-0.4, -0.2) is 71.6 Å². The van der Waals surface area contributed by atoms with E-state index in [1.807, 2.05) is 37.4 Å². The Labute approximate surface area is 154 Å². The van der Waals surface area contributed by atoms with Crippen LogP contribution in [0.15, 0.2) is 42.7 Å². The Hall–Kier alpha value is -2.51. The number of ether oxygens (including phenoxy) is 1. The number of amides is 1. The number of para-hydroxylation sites is 1. The molecule has 1 aromatic carbocycles. The van der Waals surface area contributed by atoms with E-state index in [2.05, 4.69) is 27.1 Å². The molecular weight excluding hydrogens is 330 g/mol. The number of anilines is 2. The van der Waals surface area contributed by atoms with E-state index in [1.165, 1.54) is 0 Å². The molecule has 138 valence electrons. The van der Waals surface area contributed by atoms with Gasteiger partial charge in [0.15, 0.2) is 0 Å². The molecule has 1 fully saturated rings. The van der Waals surface area contributed by atoms with Gasteiger partial charge in [0, 0.05) is 50.8 Å². The molecule has 1 saturated heterocycles. The molecule has 3 rings (SSSR count). The van der Waals surface area contributed by atoms with Gasteiger partial charge in [0.2, 0.25) is 5.95 Å². The van der Waals surface area contributed by atoms with E-state index >= 15 is 0 Å². The lowest BCUT2D eigenvalue weighted by atomic mass is 10.2. The third-order valence-corrected chi connectivity index (χ3v) is 4.48. The highest BCUT2D eigenvalue weighted by Gasteiger charge is 2.21. The van der Waals surface area contributed by atoms with Crippen molar-refractivity contribution in [1.82, 2.24) is 19.8 Å². The van der Waals surface area contributed by atoms with Crippen LogP contribution >= 0.6 is 0 Å². The van der Waals surface area contributed by atoms with Crippen molar-refractivity contribution in [3.8, 4) is 0 Å². The monoisotopic (exact) mass is 355 g/mol. The van der Waals surface area contributed by atoms with Crippen LogP contribution in [0.5, 0.6) is 0 Å². The molecule has 2 aromatic rings.